The van der Waals surface area contributed by atoms with E-state index in [0.717, 1.165) is 48.9 Å². The van der Waals surface area contributed by atoms with Crippen molar-refractivity contribution in [1.82, 2.24) is 15.3 Å². The zero-order valence-electron chi connectivity index (χ0n) is 20.5. The van der Waals surface area contributed by atoms with Crippen LogP contribution in [0.2, 0.25) is 0 Å². The number of benzene rings is 2. The first-order chi connectivity index (χ1) is 16.7. The van der Waals surface area contributed by atoms with E-state index in [-0.39, 0.29) is 30.6 Å². The Bertz CT molecular complexity index is 1160. The fraction of sp³-hybridized carbons (Fsp3) is 0.440. The summed E-state index contributed by atoms with van der Waals surface area (Å²) in [7, 11) is 3.95. The molecule has 3 aromatic rings. The van der Waals surface area contributed by atoms with Crippen LogP contribution in [0, 0.1) is 5.92 Å². The number of alkyl halides is 3. The molecule has 1 aliphatic carbocycles. The summed E-state index contributed by atoms with van der Waals surface area (Å²) in [6, 6.07) is 13.0. The summed E-state index contributed by atoms with van der Waals surface area (Å²) >= 11 is 3.20. The Morgan fingerprint density at radius 2 is 1.73 bits per heavy atom. The smallest absolute Gasteiger partial charge is 0.405 e. The van der Waals surface area contributed by atoms with Gasteiger partial charge in [0.2, 0.25) is 5.95 Å². The predicted molar refractivity (Wildman–Crippen MR) is 150 cm³/mol. The van der Waals surface area contributed by atoms with E-state index in [9.17, 15) is 13.2 Å². The molecular weight excluding hydrogens is 594 g/mol. The van der Waals surface area contributed by atoms with Gasteiger partial charge >= 0.3 is 6.36 Å². The largest absolute Gasteiger partial charge is 0.573 e. The van der Waals surface area contributed by atoms with Gasteiger partial charge in [0.25, 0.3) is 0 Å². The first-order valence-electron chi connectivity index (χ1n) is 11.6. The van der Waals surface area contributed by atoms with Crippen LogP contribution in [-0.4, -0.2) is 43.0 Å². The minimum Gasteiger partial charge on any atom is -0.405 e. The van der Waals surface area contributed by atoms with Gasteiger partial charge in [-0.15, -0.1) is 38.0 Å². The summed E-state index contributed by atoms with van der Waals surface area (Å²) in [6.07, 6.45) is -0.708. The van der Waals surface area contributed by atoms with Gasteiger partial charge in [0.1, 0.15) is 11.6 Å². The minimum absolute atomic E-state index is 0. The number of nitrogens with one attached hydrogen (secondary N) is 2. The molecule has 204 valence electrons. The molecule has 2 N–H and O–H groups in total. The van der Waals surface area contributed by atoms with Crippen molar-refractivity contribution in [1.29, 1.82) is 0 Å². The van der Waals surface area contributed by atoms with Crippen LogP contribution >= 0.6 is 40.7 Å². The molecular formula is C25H31BrCl2F3N5O. The van der Waals surface area contributed by atoms with Gasteiger partial charge in [-0.3, -0.25) is 0 Å². The molecule has 0 radical (unpaired) electrons. The average Bonchev–Trinajstić information content (AvgIpc) is 2.80. The maximum absolute atomic E-state index is 12.7. The molecule has 0 aliphatic heterocycles. The van der Waals surface area contributed by atoms with Crippen LogP contribution in [0.15, 0.2) is 46.9 Å². The Kier molecular flexibility index (Phi) is 11.5. The molecule has 0 unspecified atom stereocenters. The number of halogens is 6. The van der Waals surface area contributed by atoms with E-state index >= 15 is 0 Å². The van der Waals surface area contributed by atoms with Crippen molar-refractivity contribution in [3.63, 3.8) is 0 Å². The Labute approximate surface area is 235 Å². The topological polar surface area (TPSA) is 62.3 Å². The monoisotopic (exact) mass is 623 g/mol. The van der Waals surface area contributed by atoms with Crippen LogP contribution in [0.1, 0.15) is 31.2 Å². The van der Waals surface area contributed by atoms with E-state index in [1.54, 1.807) is 12.1 Å². The highest BCUT2D eigenvalue weighted by Gasteiger charge is 2.32. The predicted octanol–water partition coefficient (Wildman–Crippen LogP) is 6.96. The lowest BCUT2D eigenvalue weighted by molar-refractivity contribution is -0.274. The summed E-state index contributed by atoms with van der Waals surface area (Å²) in [5.74, 6) is 1.81. The molecule has 1 aliphatic rings. The van der Waals surface area contributed by atoms with Crippen molar-refractivity contribution in [2.24, 2.45) is 5.92 Å². The van der Waals surface area contributed by atoms with Crippen LogP contribution in [-0.2, 0) is 6.54 Å². The van der Waals surface area contributed by atoms with E-state index in [0.29, 0.717) is 34.5 Å². The molecule has 0 bridgehead atoms. The Hall–Kier alpha value is -2.01. The molecule has 6 nitrogen and oxygen atoms in total. The second-order valence-corrected chi connectivity index (χ2v) is 9.99. The maximum atomic E-state index is 12.7. The molecule has 1 fully saturated rings. The summed E-state index contributed by atoms with van der Waals surface area (Å²) in [4.78, 5) is 11.4. The highest BCUT2D eigenvalue weighted by atomic mass is 79.9. The number of ether oxygens (including phenoxy) is 1. The van der Waals surface area contributed by atoms with Crippen LogP contribution in [0.5, 0.6) is 5.75 Å². The standard InChI is InChI=1S/C25H29BrF3N5O.2ClH/c1-34(2)23-20-5-3-4-6-21(20)32-24(33-23)31-19-11-7-16(8-12-19)14-30-15-17-9-10-18(26)13-22(17)35-25(27,28)29;;/h3-6,9-10,13,16,19,30H,7-8,11-12,14-15H2,1-2H3,(H,31,32,33);2*1H. The Balaban J connectivity index is 0.00000241. The molecule has 0 atom stereocenters. The number of rotatable bonds is 8. The van der Waals surface area contributed by atoms with Gasteiger partial charge in [-0.1, -0.05) is 34.1 Å². The SMILES string of the molecule is CN(C)c1nc(NC2CCC(CNCc3ccc(Br)cc3OC(F)(F)F)CC2)nc2ccccc12.Cl.Cl. The third-order valence-corrected chi connectivity index (χ3v) is 6.68. The van der Waals surface area contributed by atoms with Crippen molar-refractivity contribution in [2.45, 2.75) is 44.6 Å². The molecule has 0 saturated heterocycles. The zero-order valence-corrected chi connectivity index (χ0v) is 23.7. The first kappa shape index (κ1) is 31.2. The lowest BCUT2D eigenvalue weighted by Crippen LogP contribution is -2.32. The molecule has 1 aromatic heterocycles. The van der Waals surface area contributed by atoms with Crippen LogP contribution in [0.4, 0.5) is 24.9 Å². The van der Waals surface area contributed by atoms with Crippen LogP contribution in [0.25, 0.3) is 10.9 Å². The molecule has 0 spiro atoms. The quantitative estimate of drug-likeness (QED) is 0.283. The van der Waals surface area contributed by atoms with Gasteiger partial charge < -0.3 is 20.3 Å². The third kappa shape index (κ3) is 8.77. The summed E-state index contributed by atoms with van der Waals surface area (Å²) in [6.45, 7) is 1.06. The van der Waals surface area contributed by atoms with Crippen LogP contribution < -0.4 is 20.3 Å². The minimum atomic E-state index is -4.72. The normalized spacial score (nSPS) is 17.5. The highest BCUT2D eigenvalue weighted by molar-refractivity contribution is 9.10. The summed E-state index contributed by atoms with van der Waals surface area (Å²) in [5, 5.41) is 7.84. The summed E-state index contributed by atoms with van der Waals surface area (Å²) in [5.41, 5.74) is 1.39. The van der Waals surface area contributed by atoms with Crippen molar-refractivity contribution < 1.29 is 17.9 Å². The van der Waals surface area contributed by atoms with E-state index in [1.165, 1.54) is 6.07 Å². The first-order valence-corrected chi connectivity index (χ1v) is 12.4. The fourth-order valence-electron chi connectivity index (χ4n) is 4.46. The Morgan fingerprint density at radius 3 is 2.41 bits per heavy atom. The van der Waals surface area contributed by atoms with E-state index < -0.39 is 6.36 Å². The van der Waals surface area contributed by atoms with E-state index in [4.69, 9.17) is 9.97 Å². The van der Waals surface area contributed by atoms with Crippen molar-refractivity contribution >= 4 is 63.4 Å². The van der Waals surface area contributed by atoms with Crippen molar-refractivity contribution in [3.05, 3.63) is 52.5 Å². The van der Waals surface area contributed by atoms with Crippen molar-refractivity contribution in [2.75, 3.05) is 30.9 Å². The second kappa shape index (κ2) is 13.7. The number of nitrogens with zero attached hydrogens (tertiary/aromatic N) is 3. The zero-order chi connectivity index (χ0) is 25.0. The second-order valence-electron chi connectivity index (χ2n) is 9.08. The molecule has 2 aromatic carbocycles. The highest BCUT2D eigenvalue weighted by Crippen LogP contribution is 2.31. The Morgan fingerprint density at radius 1 is 1.03 bits per heavy atom. The average molecular weight is 625 g/mol. The van der Waals surface area contributed by atoms with Gasteiger partial charge in [0, 0.05) is 42.1 Å². The third-order valence-electron chi connectivity index (χ3n) is 6.19. The van der Waals surface area contributed by atoms with Gasteiger partial charge in [0.05, 0.1) is 5.52 Å². The lowest BCUT2D eigenvalue weighted by atomic mass is 9.86. The fourth-order valence-corrected chi connectivity index (χ4v) is 4.80. The molecule has 4 rings (SSSR count). The molecule has 1 heterocycles. The van der Waals surface area contributed by atoms with Crippen molar-refractivity contribution in [3.8, 4) is 5.75 Å². The summed E-state index contributed by atoms with van der Waals surface area (Å²) < 4.78 is 42.9. The van der Waals surface area contributed by atoms with Crippen LogP contribution in [0.3, 0.4) is 0 Å². The number of hydrogen-bond acceptors (Lipinski definition) is 6. The van der Waals surface area contributed by atoms with Gasteiger partial charge in [-0.05, 0) is 62.4 Å². The molecule has 1 saturated carbocycles. The number of para-hydroxylation sites is 1. The number of aromatic nitrogens is 2. The van der Waals surface area contributed by atoms with E-state index in [1.807, 2.05) is 43.3 Å². The maximum Gasteiger partial charge on any atom is 0.573 e. The van der Waals surface area contributed by atoms with E-state index in [2.05, 4.69) is 31.3 Å². The lowest BCUT2D eigenvalue weighted by Gasteiger charge is -2.29. The van der Waals surface area contributed by atoms with Gasteiger partial charge in [0.15, 0.2) is 0 Å². The van der Waals surface area contributed by atoms with Gasteiger partial charge in [-0.2, -0.15) is 4.98 Å². The number of fused-ring (bicyclic) bond motifs is 1. The number of hydrogen-bond donors (Lipinski definition) is 2. The number of anilines is 2. The molecule has 12 heteroatoms. The molecule has 37 heavy (non-hydrogen) atoms. The van der Waals surface area contributed by atoms with Gasteiger partial charge in [-0.25, -0.2) is 4.98 Å². The molecule has 0 amide bonds.